The molecule has 0 saturated heterocycles. The Balaban J connectivity index is -0.0000000473. The van der Waals surface area contributed by atoms with Crippen LogP contribution in [-0.4, -0.2) is 114 Å². The molecule has 0 aliphatic rings. The Bertz CT molecular complexity index is 246. The summed E-state index contributed by atoms with van der Waals surface area (Å²) in [5.74, 6) is 0. The van der Waals surface area contributed by atoms with Gasteiger partial charge in [-0.2, -0.15) is 0 Å². The van der Waals surface area contributed by atoms with Gasteiger partial charge < -0.3 is 43.7 Å². The summed E-state index contributed by atoms with van der Waals surface area (Å²) in [6, 6.07) is 0. The maximum Gasteiger partial charge on any atom is 0.104 e. The third kappa shape index (κ3) is 70.4. The second-order valence-corrected chi connectivity index (χ2v) is 5.36. The van der Waals surface area contributed by atoms with Gasteiger partial charge in [-0.25, -0.2) is 0 Å². The van der Waals surface area contributed by atoms with Gasteiger partial charge in [-0.15, -0.1) is 0 Å². The van der Waals surface area contributed by atoms with E-state index in [-0.39, 0.29) is 115 Å². The van der Waals surface area contributed by atoms with E-state index in [4.69, 9.17) is 43.7 Å². The molecule has 0 saturated carbocycles. The molecule has 0 heterocycles. The Morgan fingerprint density at radius 1 is 0.342 bits per heavy atom. The lowest BCUT2D eigenvalue weighted by Crippen LogP contribution is -2.28. The molecule has 38 heavy (non-hydrogen) atoms. The van der Waals surface area contributed by atoms with Crippen LogP contribution in [0.25, 0.3) is 0 Å². The van der Waals surface area contributed by atoms with Crippen molar-refractivity contribution in [3.63, 3.8) is 0 Å². The van der Waals surface area contributed by atoms with Crippen LogP contribution in [0.5, 0.6) is 0 Å². The van der Waals surface area contributed by atoms with Crippen LogP contribution in [0.2, 0.25) is 0 Å². The molecule has 0 spiro atoms. The van der Waals surface area contributed by atoms with Crippen molar-refractivity contribution in [2.45, 2.75) is 108 Å². The van der Waals surface area contributed by atoms with Crippen LogP contribution in [0.4, 0.5) is 0 Å². The van der Waals surface area contributed by atoms with Gasteiger partial charge >= 0.3 is 0 Å². The molecule has 0 rings (SSSR count). The SMILES string of the molecule is C.C.C.C.C.C.C.C.C.C.C.C.OCCOCCCOCC(COCCOCCO)OCCCOCCO. The number of ether oxygens (including phenoxy) is 6. The lowest BCUT2D eigenvalue weighted by Gasteiger charge is -2.18. The average molecular weight is 577 g/mol. The largest absolute Gasteiger partial charge is 0.394 e. The van der Waals surface area contributed by atoms with Crippen molar-refractivity contribution in [3.8, 4) is 0 Å². The van der Waals surface area contributed by atoms with Gasteiger partial charge in [0.05, 0.1) is 66.1 Å². The number of hydrogen-bond donors (Lipinski definition) is 3. The maximum absolute atomic E-state index is 8.64. The maximum atomic E-state index is 8.64. The van der Waals surface area contributed by atoms with Crippen molar-refractivity contribution in [2.75, 3.05) is 92.5 Å². The zero-order chi connectivity index (χ0) is 19.1. The van der Waals surface area contributed by atoms with Gasteiger partial charge in [-0.1, -0.05) is 89.1 Å². The molecule has 0 aromatic carbocycles. The van der Waals surface area contributed by atoms with Crippen molar-refractivity contribution >= 4 is 0 Å². The van der Waals surface area contributed by atoms with E-state index in [1.807, 2.05) is 0 Å². The van der Waals surface area contributed by atoms with Crippen LogP contribution >= 0.6 is 0 Å². The fourth-order valence-electron chi connectivity index (χ4n) is 1.87. The summed E-state index contributed by atoms with van der Waals surface area (Å²) in [4.78, 5) is 0. The average Bonchev–Trinajstić information content (AvgIpc) is 2.65. The molecule has 9 nitrogen and oxygen atoms in total. The predicted molar refractivity (Wildman–Crippen MR) is 175 cm³/mol. The smallest absolute Gasteiger partial charge is 0.104 e. The predicted octanol–water partition coefficient (Wildman–Crippen LogP) is 6.84. The van der Waals surface area contributed by atoms with Gasteiger partial charge in [0, 0.05) is 26.4 Å². The Hall–Kier alpha value is -0.360. The Morgan fingerprint density at radius 3 is 1.03 bits per heavy atom. The molecule has 0 fully saturated rings. The lowest BCUT2D eigenvalue weighted by atomic mass is 10.4. The summed E-state index contributed by atoms with van der Waals surface area (Å²) in [6.45, 7) is 4.82. The first kappa shape index (κ1) is 83.2. The second kappa shape index (κ2) is 76.7. The van der Waals surface area contributed by atoms with E-state index in [9.17, 15) is 0 Å². The molecule has 3 N–H and O–H groups in total. The van der Waals surface area contributed by atoms with Crippen LogP contribution in [0.15, 0.2) is 0 Å². The number of rotatable bonds is 22. The summed E-state index contributed by atoms with van der Waals surface area (Å²) in [5, 5.41) is 25.9. The minimum Gasteiger partial charge on any atom is -0.394 e. The number of hydrogen-bond acceptors (Lipinski definition) is 9. The van der Waals surface area contributed by atoms with Crippen molar-refractivity contribution in [1.82, 2.24) is 0 Å². The highest BCUT2D eigenvalue weighted by atomic mass is 16.6. The first-order valence-electron chi connectivity index (χ1n) is 9.18. The van der Waals surface area contributed by atoms with Gasteiger partial charge in [0.15, 0.2) is 0 Å². The summed E-state index contributed by atoms with van der Waals surface area (Å²) >= 11 is 0. The van der Waals surface area contributed by atoms with Crippen LogP contribution in [0.3, 0.4) is 0 Å². The highest BCUT2D eigenvalue weighted by Gasteiger charge is 2.10. The van der Waals surface area contributed by atoms with Crippen molar-refractivity contribution in [1.29, 1.82) is 0 Å². The second-order valence-electron chi connectivity index (χ2n) is 5.36. The third-order valence-electron chi connectivity index (χ3n) is 3.05. The molecule has 0 aromatic heterocycles. The van der Waals surface area contributed by atoms with Crippen LogP contribution in [0, 0.1) is 0 Å². The summed E-state index contributed by atoms with van der Waals surface area (Å²) in [6.07, 6.45) is 1.28. The summed E-state index contributed by atoms with van der Waals surface area (Å²) < 4.78 is 32.3. The van der Waals surface area contributed by atoms with E-state index < -0.39 is 0 Å². The molecule has 0 radical (unpaired) electrons. The van der Waals surface area contributed by atoms with Crippen LogP contribution in [-0.2, 0) is 28.4 Å². The van der Waals surface area contributed by atoms with Crippen molar-refractivity contribution in [3.05, 3.63) is 0 Å². The normalized spacial score (nSPS) is 8.61. The standard InChI is InChI=1S/C17H36O9.12CH4/c18-3-10-21-6-1-8-24-15-17(16-25-14-13-23-12-5-20)26-9-2-7-22-11-4-19;;;;;;;;;;;;/h17-20H,1-16H2;12*1H4. The van der Waals surface area contributed by atoms with E-state index in [2.05, 4.69) is 0 Å². The molecule has 0 bridgehead atoms. The summed E-state index contributed by atoms with van der Waals surface area (Å²) in [5.41, 5.74) is 0. The minimum atomic E-state index is -0.191. The van der Waals surface area contributed by atoms with Gasteiger partial charge in [-0.3, -0.25) is 0 Å². The first-order valence-corrected chi connectivity index (χ1v) is 9.18. The van der Waals surface area contributed by atoms with E-state index in [0.29, 0.717) is 72.7 Å². The van der Waals surface area contributed by atoms with Gasteiger partial charge in [-0.05, 0) is 12.8 Å². The molecule has 254 valence electrons. The van der Waals surface area contributed by atoms with E-state index in [1.54, 1.807) is 0 Å². The highest BCUT2D eigenvalue weighted by Crippen LogP contribution is 1.99. The minimum absolute atomic E-state index is 0. The molecule has 0 aromatic rings. The number of aliphatic hydroxyl groups is 3. The van der Waals surface area contributed by atoms with Crippen LogP contribution < -0.4 is 0 Å². The van der Waals surface area contributed by atoms with Gasteiger partial charge in [0.1, 0.15) is 6.10 Å². The quantitative estimate of drug-likeness (QED) is 0.119. The number of aliphatic hydroxyl groups excluding tert-OH is 3. The molecule has 1 unspecified atom stereocenters. The molecular formula is C29H84O9. The van der Waals surface area contributed by atoms with Crippen LogP contribution in [0.1, 0.15) is 102 Å². The molecule has 9 heteroatoms. The van der Waals surface area contributed by atoms with E-state index in [0.717, 1.165) is 12.8 Å². The highest BCUT2D eigenvalue weighted by molar-refractivity contribution is 4.56. The molecule has 0 aliphatic carbocycles. The van der Waals surface area contributed by atoms with Crippen molar-refractivity contribution < 1.29 is 43.7 Å². The summed E-state index contributed by atoms with van der Waals surface area (Å²) in [7, 11) is 0. The first-order chi connectivity index (χ1) is 12.8. The fraction of sp³-hybridized carbons (Fsp3) is 1.00. The van der Waals surface area contributed by atoms with Gasteiger partial charge in [0.2, 0.25) is 0 Å². The van der Waals surface area contributed by atoms with Crippen molar-refractivity contribution in [2.24, 2.45) is 0 Å². The molecule has 0 amide bonds. The zero-order valence-electron chi connectivity index (χ0n) is 15.7. The Morgan fingerprint density at radius 2 is 0.632 bits per heavy atom. The topological polar surface area (TPSA) is 116 Å². The van der Waals surface area contributed by atoms with Gasteiger partial charge in [0.25, 0.3) is 0 Å². The molecule has 0 aliphatic heterocycles. The third-order valence-corrected chi connectivity index (χ3v) is 3.05. The molecule has 1 atom stereocenters. The van der Waals surface area contributed by atoms with E-state index in [1.165, 1.54) is 0 Å². The Kier molecular flexibility index (Phi) is 168. The lowest BCUT2D eigenvalue weighted by molar-refractivity contribution is -0.0729. The monoisotopic (exact) mass is 577 g/mol. The fourth-order valence-corrected chi connectivity index (χ4v) is 1.87. The van der Waals surface area contributed by atoms with E-state index >= 15 is 0 Å². The Labute approximate surface area is 244 Å². The zero-order valence-corrected chi connectivity index (χ0v) is 15.7. The molecular weight excluding hydrogens is 492 g/mol.